The van der Waals surface area contributed by atoms with Gasteiger partial charge in [-0.05, 0) is 43.2 Å². The second-order valence-corrected chi connectivity index (χ2v) is 9.28. The van der Waals surface area contributed by atoms with E-state index >= 15 is 0 Å². The molecule has 160 valence electrons. The molecule has 1 heterocycles. The number of nitrogens with one attached hydrogen (secondary N) is 1. The van der Waals surface area contributed by atoms with Gasteiger partial charge in [0.15, 0.2) is 0 Å². The summed E-state index contributed by atoms with van der Waals surface area (Å²) in [6, 6.07) is 9.95. The van der Waals surface area contributed by atoms with E-state index in [1.165, 1.54) is 6.07 Å². The molecule has 1 fully saturated rings. The minimum absolute atomic E-state index is 0.0560. The maximum atomic E-state index is 13.4. The molecule has 30 heavy (non-hydrogen) atoms. The first-order valence-corrected chi connectivity index (χ1v) is 11.5. The molecule has 0 unspecified atom stereocenters. The van der Waals surface area contributed by atoms with Crippen LogP contribution in [0.25, 0.3) is 0 Å². The standard InChI is InChI=1S/C20H21ClFN3O4S/c1-30(28,29)25(14-8-9-17(22)16(21)12-14)13-19(26)23-18-7-3-2-6-15(18)20(27)24-10-4-5-11-24/h2-3,6-9,12H,4-5,10-11,13H2,1H3,(H,23,26). The van der Waals surface area contributed by atoms with E-state index in [0.717, 1.165) is 35.5 Å². The third-order valence-corrected chi connectivity index (χ3v) is 6.13. The van der Waals surface area contributed by atoms with Crippen molar-refractivity contribution in [2.45, 2.75) is 12.8 Å². The predicted octanol–water partition coefficient (Wildman–Crippen LogP) is 3.12. The van der Waals surface area contributed by atoms with E-state index in [-0.39, 0.29) is 16.6 Å². The van der Waals surface area contributed by atoms with Crippen LogP contribution < -0.4 is 9.62 Å². The molecule has 1 aliphatic heterocycles. The Balaban J connectivity index is 1.81. The van der Waals surface area contributed by atoms with Crippen molar-refractivity contribution < 1.29 is 22.4 Å². The lowest BCUT2D eigenvalue weighted by Crippen LogP contribution is -2.38. The largest absolute Gasteiger partial charge is 0.339 e. The molecule has 0 radical (unpaired) electrons. The summed E-state index contributed by atoms with van der Waals surface area (Å²) >= 11 is 5.75. The van der Waals surface area contributed by atoms with E-state index in [9.17, 15) is 22.4 Å². The summed E-state index contributed by atoms with van der Waals surface area (Å²) in [4.78, 5) is 27.1. The summed E-state index contributed by atoms with van der Waals surface area (Å²) < 4.78 is 38.7. The lowest BCUT2D eigenvalue weighted by atomic mass is 10.1. The molecule has 1 aliphatic rings. The van der Waals surface area contributed by atoms with Gasteiger partial charge < -0.3 is 10.2 Å². The number of halogens is 2. The van der Waals surface area contributed by atoms with Crippen LogP contribution in [0.3, 0.4) is 0 Å². The third kappa shape index (κ3) is 5.09. The molecular formula is C20H21ClFN3O4S. The summed E-state index contributed by atoms with van der Waals surface area (Å²) in [5, 5.41) is 2.35. The van der Waals surface area contributed by atoms with Gasteiger partial charge in [0, 0.05) is 13.1 Å². The molecule has 0 atom stereocenters. The topological polar surface area (TPSA) is 86.8 Å². The Hall–Kier alpha value is -2.65. The van der Waals surface area contributed by atoms with E-state index in [4.69, 9.17) is 11.6 Å². The quantitative estimate of drug-likeness (QED) is 0.728. The van der Waals surface area contributed by atoms with Gasteiger partial charge in [0.2, 0.25) is 15.9 Å². The molecule has 2 amide bonds. The van der Waals surface area contributed by atoms with Gasteiger partial charge in [-0.25, -0.2) is 12.8 Å². The molecule has 1 saturated heterocycles. The fourth-order valence-corrected chi connectivity index (χ4v) is 4.25. The van der Waals surface area contributed by atoms with Crippen LogP contribution in [0.5, 0.6) is 0 Å². The number of para-hydroxylation sites is 1. The number of hydrogen-bond acceptors (Lipinski definition) is 4. The Labute approximate surface area is 179 Å². The number of anilines is 2. The zero-order chi connectivity index (χ0) is 21.9. The van der Waals surface area contributed by atoms with Crippen LogP contribution in [-0.4, -0.2) is 51.0 Å². The van der Waals surface area contributed by atoms with Crippen molar-refractivity contribution in [1.29, 1.82) is 0 Å². The van der Waals surface area contributed by atoms with Gasteiger partial charge in [-0.3, -0.25) is 13.9 Å². The Morgan fingerprint density at radius 2 is 1.83 bits per heavy atom. The number of carbonyl (C=O) groups is 2. The first-order valence-electron chi connectivity index (χ1n) is 9.28. The van der Waals surface area contributed by atoms with Crippen molar-refractivity contribution in [3.05, 3.63) is 58.9 Å². The molecule has 10 heteroatoms. The van der Waals surface area contributed by atoms with Gasteiger partial charge in [-0.2, -0.15) is 0 Å². The number of rotatable bonds is 6. The van der Waals surface area contributed by atoms with Gasteiger partial charge in [0.05, 0.1) is 28.2 Å². The van der Waals surface area contributed by atoms with Gasteiger partial charge in [0.25, 0.3) is 5.91 Å². The smallest absolute Gasteiger partial charge is 0.255 e. The lowest BCUT2D eigenvalue weighted by Gasteiger charge is -2.23. The van der Waals surface area contributed by atoms with E-state index in [1.807, 2.05) is 0 Å². The number of hydrogen-bond donors (Lipinski definition) is 1. The average Bonchev–Trinajstić information content (AvgIpc) is 3.22. The van der Waals surface area contributed by atoms with Crippen LogP contribution in [0.4, 0.5) is 15.8 Å². The molecular weight excluding hydrogens is 433 g/mol. The van der Waals surface area contributed by atoms with Gasteiger partial charge in [-0.1, -0.05) is 23.7 Å². The first kappa shape index (κ1) is 22.0. The Kier molecular flexibility index (Phi) is 6.62. The molecule has 0 aromatic heterocycles. The number of carbonyl (C=O) groups excluding carboxylic acids is 2. The molecule has 0 aliphatic carbocycles. The molecule has 0 saturated carbocycles. The van der Waals surface area contributed by atoms with Crippen molar-refractivity contribution in [3.63, 3.8) is 0 Å². The molecule has 7 nitrogen and oxygen atoms in total. The minimum atomic E-state index is -3.86. The number of sulfonamides is 1. The maximum Gasteiger partial charge on any atom is 0.255 e. The lowest BCUT2D eigenvalue weighted by molar-refractivity contribution is -0.114. The summed E-state index contributed by atoms with van der Waals surface area (Å²) in [6.07, 6.45) is 2.80. The van der Waals surface area contributed by atoms with Crippen LogP contribution in [0.1, 0.15) is 23.2 Å². The number of likely N-dealkylation sites (tertiary alicyclic amines) is 1. The molecule has 2 aromatic carbocycles. The van der Waals surface area contributed by atoms with Crippen LogP contribution in [0, 0.1) is 5.82 Å². The zero-order valence-electron chi connectivity index (χ0n) is 16.3. The van der Waals surface area contributed by atoms with Crippen LogP contribution in [0.15, 0.2) is 42.5 Å². The molecule has 2 aromatic rings. The summed E-state index contributed by atoms with van der Waals surface area (Å²) in [5.74, 6) is -1.54. The van der Waals surface area contributed by atoms with Crippen molar-refractivity contribution >= 4 is 44.8 Å². The Morgan fingerprint density at radius 3 is 2.47 bits per heavy atom. The highest BCUT2D eigenvalue weighted by Crippen LogP contribution is 2.25. The van der Waals surface area contributed by atoms with Crippen molar-refractivity contribution in [2.75, 3.05) is 35.5 Å². The molecule has 0 spiro atoms. The normalized spacial score (nSPS) is 13.9. The maximum absolute atomic E-state index is 13.4. The SMILES string of the molecule is CS(=O)(=O)N(CC(=O)Nc1ccccc1C(=O)N1CCCC1)c1ccc(F)c(Cl)c1. The highest BCUT2D eigenvalue weighted by Gasteiger charge is 2.25. The first-order chi connectivity index (χ1) is 14.2. The Morgan fingerprint density at radius 1 is 1.17 bits per heavy atom. The second kappa shape index (κ2) is 9.01. The fourth-order valence-electron chi connectivity index (χ4n) is 3.23. The number of amides is 2. The minimum Gasteiger partial charge on any atom is -0.339 e. The Bertz CT molecular complexity index is 1070. The van der Waals surface area contributed by atoms with Crippen LogP contribution >= 0.6 is 11.6 Å². The summed E-state index contributed by atoms with van der Waals surface area (Å²) in [7, 11) is -3.86. The van der Waals surface area contributed by atoms with Crippen LogP contribution in [0.2, 0.25) is 5.02 Å². The monoisotopic (exact) mass is 453 g/mol. The van der Waals surface area contributed by atoms with Gasteiger partial charge in [0.1, 0.15) is 12.4 Å². The summed E-state index contributed by atoms with van der Waals surface area (Å²) in [6.45, 7) is 0.760. The van der Waals surface area contributed by atoms with Crippen LogP contribution in [-0.2, 0) is 14.8 Å². The van der Waals surface area contributed by atoms with Crippen molar-refractivity contribution in [1.82, 2.24) is 4.90 Å². The van der Waals surface area contributed by atoms with E-state index in [2.05, 4.69) is 5.32 Å². The van der Waals surface area contributed by atoms with E-state index in [1.54, 1.807) is 29.2 Å². The molecule has 3 rings (SSSR count). The number of nitrogens with zero attached hydrogens (tertiary/aromatic N) is 2. The van der Waals surface area contributed by atoms with Gasteiger partial charge >= 0.3 is 0 Å². The average molecular weight is 454 g/mol. The highest BCUT2D eigenvalue weighted by atomic mass is 35.5. The van der Waals surface area contributed by atoms with Crippen molar-refractivity contribution in [3.8, 4) is 0 Å². The van der Waals surface area contributed by atoms with E-state index < -0.39 is 28.3 Å². The third-order valence-electron chi connectivity index (χ3n) is 4.70. The fraction of sp³-hybridized carbons (Fsp3) is 0.300. The molecule has 1 N–H and O–H groups in total. The second-order valence-electron chi connectivity index (χ2n) is 6.96. The zero-order valence-corrected chi connectivity index (χ0v) is 17.8. The molecule has 0 bridgehead atoms. The van der Waals surface area contributed by atoms with E-state index in [0.29, 0.717) is 24.3 Å². The summed E-state index contributed by atoms with van der Waals surface area (Å²) in [5.41, 5.74) is 0.689. The highest BCUT2D eigenvalue weighted by molar-refractivity contribution is 7.92. The van der Waals surface area contributed by atoms with Crippen molar-refractivity contribution in [2.24, 2.45) is 0 Å². The van der Waals surface area contributed by atoms with Gasteiger partial charge in [-0.15, -0.1) is 0 Å². The number of benzene rings is 2. The predicted molar refractivity (Wildman–Crippen MR) is 114 cm³/mol.